The lowest BCUT2D eigenvalue weighted by Gasteiger charge is -2.35. The van der Waals surface area contributed by atoms with E-state index in [-0.39, 0.29) is 24.8 Å². The molecule has 1 N–H and O–H groups in total. The standard InChI is InChI=1S/C15H24F3N3/c1-3-9-21-13(7-8-20-21)14(19-2)11-5-4-6-12(10-11)15(16,17)18/h7-8,11-12,14,19H,3-6,9-10H2,1-2H3. The van der Waals surface area contributed by atoms with Crippen LogP contribution in [0.1, 0.15) is 50.8 Å². The van der Waals surface area contributed by atoms with Crippen molar-refractivity contribution in [2.75, 3.05) is 7.05 Å². The highest BCUT2D eigenvalue weighted by atomic mass is 19.4. The van der Waals surface area contributed by atoms with Gasteiger partial charge in [-0.2, -0.15) is 18.3 Å². The van der Waals surface area contributed by atoms with E-state index in [4.69, 9.17) is 0 Å². The van der Waals surface area contributed by atoms with Gasteiger partial charge in [-0.25, -0.2) is 0 Å². The second-order valence-electron chi connectivity index (χ2n) is 5.91. The van der Waals surface area contributed by atoms with E-state index in [1.807, 2.05) is 17.8 Å². The molecular weight excluding hydrogens is 279 g/mol. The van der Waals surface area contributed by atoms with Gasteiger partial charge in [0.25, 0.3) is 0 Å². The Morgan fingerprint density at radius 3 is 2.81 bits per heavy atom. The van der Waals surface area contributed by atoms with Gasteiger partial charge in [0.15, 0.2) is 0 Å². The van der Waals surface area contributed by atoms with Crippen LogP contribution in [0.3, 0.4) is 0 Å². The summed E-state index contributed by atoms with van der Waals surface area (Å²) in [4.78, 5) is 0. The highest BCUT2D eigenvalue weighted by Crippen LogP contribution is 2.43. The summed E-state index contributed by atoms with van der Waals surface area (Å²) in [6.45, 7) is 2.87. The van der Waals surface area contributed by atoms with Crippen molar-refractivity contribution in [3.63, 3.8) is 0 Å². The number of nitrogens with zero attached hydrogens (tertiary/aromatic N) is 2. The molecule has 1 aliphatic carbocycles. The van der Waals surface area contributed by atoms with Crippen LogP contribution in [0, 0.1) is 11.8 Å². The van der Waals surface area contributed by atoms with Crippen LogP contribution >= 0.6 is 0 Å². The first-order chi connectivity index (χ1) is 9.97. The van der Waals surface area contributed by atoms with Crippen LogP contribution < -0.4 is 5.32 Å². The third-order valence-electron chi connectivity index (χ3n) is 4.46. The first-order valence-corrected chi connectivity index (χ1v) is 7.73. The molecule has 3 unspecified atom stereocenters. The summed E-state index contributed by atoms with van der Waals surface area (Å²) < 4.78 is 40.9. The Morgan fingerprint density at radius 1 is 1.43 bits per heavy atom. The summed E-state index contributed by atoms with van der Waals surface area (Å²) in [6.07, 6.45) is 0.599. The number of aromatic nitrogens is 2. The van der Waals surface area contributed by atoms with E-state index in [0.717, 1.165) is 25.1 Å². The normalized spacial score (nSPS) is 25.0. The number of hydrogen-bond acceptors (Lipinski definition) is 2. The van der Waals surface area contributed by atoms with E-state index in [1.165, 1.54) is 0 Å². The van der Waals surface area contributed by atoms with E-state index in [1.54, 1.807) is 6.20 Å². The van der Waals surface area contributed by atoms with Gasteiger partial charge < -0.3 is 5.32 Å². The van der Waals surface area contributed by atoms with Crippen molar-refractivity contribution in [3.8, 4) is 0 Å². The molecule has 1 fully saturated rings. The molecule has 0 saturated heterocycles. The molecule has 0 aliphatic heterocycles. The average molecular weight is 303 g/mol. The van der Waals surface area contributed by atoms with Crippen LogP contribution in [0.25, 0.3) is 0 Å². The average Bonchev–Trinajstić information content (AvgIpc) is 2.88. The smallest absolute Gasteiger partial charge is 0.311 e. The first kappa shape index (κ1) is 16.3. The number of nitrogens with one attached hydrogen (secondary N) is 1. The van der Waals surface area contributed by atoms with E-state index >= 15 is 0 Å². The Kier molecular flexibility index (Phi) is 5.30. The number of aryl methyl sites for hydroxylation is 1. The Labute approximate surface area is 123 Å². The maximum absolute atomic E-state index is 13.0. The molecule has 0 aromatic carbocycles. The fourth-order valence-corrected chi connectivity index (χ4v) is 3.46. The van der Waals surface area contributed by atoms with Gasteiger partial charge in [-0.3, -0.25) is 4.68 Å². The Morgan fingerprint density at radius 2 is 2.19 bits per heavy atom. The van der Waals surface area contributed by atoms with Crippen molar-refractivity contribution < 1.29 is 13.2 Å². The molecule has 0 bridgehead atoms. The fourth-order valence-electron chi connectivity index (χ4n) is 3.46. The lowest BCUT2D eigenvalue weighted by molar-refractivity contribution is -0.186. The summed E-state index contributed by atoms with van der Waals surface area (Å²) >= 11 is 0. The number of hydrogen-bond donors (Lipinski definition) is 1. The van der Waals surface area contributed by atoms with Crippen molar-refractivity contribution in [2.24, 2.45) is 11.8 Å². The minimum atomic E-state index is -4.07. The number of halogens is 3. The van der Waals surface area contributed by atoms with Gasteiger partial charge in [-0.15, -0.1) is 0 Å². The quantitative estimate of drug-likeness (QED) is 0.893. The lowest BCUT2D eigenvalue weighted by Crippen LogP contribution is -2.35. The van der Waals surface area contributed by atoms with Gasteiger partial charge in [0.2, 0.25) is 0 Å². The molecule has 6 heteroatoms. The molecule has 0 amide bonds. The molecule has 1 aromatic heterocycles. The van der Waals surface area contributed by atoms with Crippen LogP contribution in [0.4, 0.5) is 13.2 Å². The topological polar surface area (TPSA) is 29.9 Å². The molecular formula is C15H24F3N3. The Balaban J connectivity index is 2.15. The number of rotatable bonds is 5. The molecule has 1 aromatic rings. The Hall–Kier alpha value is -1.04. The summed E-state index contributed by atoms with van der Waals surface area (Å²) in [5, 5.41) is 7.51. The van der Waals surface area contributed by atoms with E-state index in [0.29, 0.717) is 6.42 Å². The maximum atomic E-state index is 13.0. The van der Waals surface area contributed by atoms with Gasteiger partial charge in [0.1, 0.15) is 0 Å². The van der Waals surface area contributed by atoms with Gasteiger partial charge in [0.05, 0.1) is 17.7 Å². The summed E-state index contributed by atoms with van der Waals surface area (Å²) in [6, 6.07) is 1.87. The summed E-state index contributed by atoms with van der Waals surface area (Å²) in [7, 11) is 1.82. The van der Waals surface area contributed by atoms with Gasteiger partial charge in [-0.1, -0.05) is 13.3 Å². The van der Waals surface area contributed by atoms with Crippen LogP contribution in [0.15, 0.2) is 12.3 Å². The third kappa shape index (κ3) is 3.78. The molecule has 1 saturated carbocycles. The van der Waals surface area contributed by atoms with Gasteiger partial charge in [-0.05, 0) is 44.7 Å². The maximum Gasteiger partial charge on any atom is 0.391 e. The molecule has 3 nitrogen and oxygen atoms in total. The van der Waals surface area contributed by atoms with Crippen LogP contribution in [-0.2, 0) is 6.54 Å². The molecule has 1 aliphatic rings. The first-order valence-electron chi connectivity index (χ1n) is 7.73. The largest absolute Gasteiger partial charge is 0.391 e. The summed E-state index contributed by atoms with van der Waals surface area (Å²) in [5.41, 5.74) is 1.01. The van der Waals surface area contributed by atoms with Crippen molar-refractivity contribution >= 4 is 0 Å². The zero-order valence-corrected chi connectivity index (χ0v) is 12.7. The SMILES string of the molecule is CCCn1nccc1C(NC)C1CCCC(C(F)(F)F)C1. The van der Waals surface area contributed by atoms with Crippen molar-refractivity contribution in [1.82, 2.24) is 15.1 Å². The molecule has 1 heterocycles. The van der Waals surface area contributed by atoms with Gasteiger partial charge in [0, 0.05) is 12.7 Å². The van der Waals surface area contributed by atoms with E-state index in [9.17, 15) is 13.2 Å². The fraction of sp³-hybridized carbons (Fsp3) is 0.800. The molecule has 3 atom stereocenters. The third-order valence-corrected chi connectivity index (χ3v) is 4.46. The predicted molar refractivity (Wildman–Crippen MR) is 75.8 cm³/mol. The van der Waals surface area contributed by atoms with E-state index in [2.05, 4.69) is 17.3 Å². The minimum absolute atomic E-state index is 0.0164. The highest BCUT2D eigenvalue weighted by molar-refractivity contribution is 5.09. The monoisotopic (exact) mass is 303 g/mol. The molecule has 0 radical (unpaired) electrons. The zero-order chi connectivity index (χ0) is 15.5. The predicted octanol–water partition coefficient (Wildman–Crippen LogP) is 3.92. The van der Waals surface area contributed by atoms with E-state index < -0.39 is 12.1 Å². The van der Waals surface area contributed by atoms with Crippen molar-refractivity contribution in [1.29, 1.82) is 0 Å². The second-order valence-corrected chi connectivity index (χ2v) is 5.91. The lowest BCUT2D eigenvalue weighted by atomic mass is 9.76. The number of alkyl halides is 3. The van der Waals surface area contributed by atoms with Crippen molar-refractivity contribution in [3.05, 3.63) is 18.0 Å². The molecule has 21 heavy (non-hydrogen) atoms. The molecule has 0 spiro atoms. The van der Waals surface area contributed by atoms with Crippen LogP contribution in [0.5, 0.6) is 0 Å². The minimum Gasteiger partial charge on any atom is -0.311 e. The van der Waals surface area contributed by atoms with Crippen molar-refractivity contribution in [2.45, 2.75) is 57.8 Å². The second kappa shape index (κ2) is 6.81. The van der Waals surface area contributed by atoms with Crippen LogP contribution in [0.2, 0.25) is 0 Å². The Bertz CT molecular complexity index is 442. The van der Waals surface area contributed by atoms with Gasteiger partial charge >= 0.3 is 6.18 Å². The molecule has 2 rings (SSSR count). The zero-order valence-electron chi connectivity index (χ0n) is 12.7. The molecule has 120 valence electrons. The summed E-state index contributed by atoms with van der Waals surface area (Å²) in [5.74, 6) is -1.14. The van der Waals surface area contributed by atoms with Crippen LogP contribution in [-0.4, -0.2) is 23.0 Å². The highest BCUT2D eigenvalue weighted by Gasteiger charge is 2.43.